The standard InChI is InChI=1S/C23H16ClN7O9S3/c24-21-27-22(25)29-23(28-21)26-17-6-7-18(15-10-12(41(32,33)34)4-5-13(15)17)31-30-11-8-16-14(20(9-11)43(38,39)40)2-1-3-19(16)42(35,36)37/h1-10H,(H,32,33,34)(H,35,36,37)(H,38,39,40)(H3,25,26,27,28,29). The van der Waals surface area contributed by atoms with Crippen LogP contribution in [0.4, 0.5) is 29.0 Å². The van der Waals surface area contributed by atoms with E-state index in [1.165, 1.54) is 30.3 Å². The van der Waals surface area contributed by atoms with E-state index >= 15 is 0 Å². The maximum Gasteiger partial charge on any atom is 0.295 e. The molecule has 0 spiro atoms. The third kappa shape index (κ3) is 6.37. The van der Waals surface area contributed by atoms with Crippen molar-refractivity contribution in [3.63, 3.8) is 0 Å². The highest BCUT2D eigenvalue weighted by Gasteiger charge is 2.21. The van der Waals surface area contributed by atoms with Gasteiger partial charge in [-0.1, -0.05) is 18.2 Å². The van der Waals surface area contributed by atoms with Gasteiger partial charge in [-0.05, 0) is 54.1 Å². The molecule has 5 rings (SSSR count). The SMILES string of the molecule is Nc1nc(Cl)nc(Nc2ccc(N=Nc3cc(S(=O)(=O)O)c4cccc(S(=O)(=O)O)c4c3)c3cc(S(=O)(=O)O)ccc23)n1. The zero-order valence-corrected chi connectivity index (χ0v) is 24.2. The highest BCUT2D eigenvalue weighted by Crippen LogP contribution is 2.37. The third-order valence-electron chi connectivity index (χ3n) is 5.87. The largest absolute Gasteiger partial charge is 0.368 e. The zero-order valence-electron chi connectivity index (χ0n) is 21.0. The molecule has 20 heteroatoms. The predicted octanol–water partition coefficient (Wildman–Crippen LogP) is 4.31. The van der Waals surface area contributed by atoms with Crippen molar-refractivity contribution in [1.29, 1.82) is 0 Å². The molecule has 222 valence electrons. The van der Waals surface area contributed by atoms with Crippen LogP contribution < -0.4 is 11.1 Å². The molecule has 0 unspecified atom stereocenters. The van der Waals surface area contributed by atoms with Gasteiger partial charge in [0, 0.05) is 27.2 Å². The molecule has 0 atom stereocenters. The lowest BCUT2D eigenvalue weighted by Gasteiger charge is -2.12. The Balaban J connectivity index is 1.70. The number of hydrogen-bond acceptors (Lipinski definition) is 13. The molecule has 5 aromatic rings. The maximum atomic E-state index is 12.1. The van der Waals surface area contributed by atoms with Crippen molar-refractivity contribution in [1.82, 2.24) is 15.0 Å². The van der Waals surface area contributed by atoms with Crippen LogP contribution in [-0.2, 0) is 30.4 Å². The fourth-order valence-electron chi connectivity index (χ4n) is 4.13. The average Bonchev–Trinajstić information content (AvgIpc) is 2.89. The Morgan fingerprint density at radius 2 is 1.42 bits per heavy atom. The minimum atomic E-state index is -4.91. The van der Waals surface area contributed by atoms with E-state index in [1.54, 1.807) is 0 Å². The van der Waals surface area contributed by atoms with E-state index in [2.05, 4.69) is 30.5 Å². The molecule has 1 heterocycles. The molecular formula is C23H16ClN7O9S3. The number of hydrogen-bond donors (Lipinski definition) is 5. The van der Waals surface area contributed by atoms with E-state index in [0.29, 0.717) is 11.1 Å². The first-order valence-corrected chi connectivity index (χ1v) is 16.1. The van der Waals surface area contributed by atoms with Gasteiger partial charge in [-0.25, -0.2) is 0 Å². The van der Waals surface area contributed by atoms with Gasteiger partial charge in [-0.3, -0.25) is 13.7 Å². The molecule has 4 aromatic carbocycles. The van der Waals surface area contributed by atoms with Gasteiger partial charge in [0.05, 0.1) is 16.3 Å². The number of nitrogens with one attached hydrogen (secondary N) is 1. The highest BCUT2D eigenvalue weighted by molar-refractivity contribution is 7.86. The van der Waals surface area contributed by atoms with Crippen molar-refractivity contribution < 1.29 is 38.9 Å². The van der Waals surface area contributed by atoms with Crippen LogP contribution in [0.2, 0.25) is 5.28 Å². The summed E-state index contributed by atoms with van der Waals surface area (Å²) >= 11 is 5.84. The van der Waals surface area contributed by atoms with Crippen LogP contribution in [-0.4, -0.2) is 53.9 Å². The van der Waals surface area contributed by atoms with Crippen LogP contribution in [0, 0.1) is 0 Å². The second kappa shape index (κ2) is 10.7. The number of nitrogen functional groups attached to an aromatic ring is 1. The number of benzene rings is 4. The first-order chi connectivity index (χ1) is 20.0. The van der Waals surface area contributed by atoms with Crippen molar-refractivity contribution >= 4 is 92.5 Å². The number of rotatable bonds is 7. The summed E-state index contributed by atoms with van der Waals surface area (Å²) in [5.41, 5.74) is 5.68. The maximum absolute atomic E-state index is 12.1. The van der Waals surface area contributed by atoms with Gasteiger partial charge in [0.2, 0.25) is 17.2 Å². The molecule has 0 aliphatic carbocycles. The van der Waals surface area contributed by atoms with Crippen molar-refractivity contribution in [3.05, 3.63) is 65.9 Å². The number of halogens is 1. The van der Waals surface area contributed by atoms with Gasteiger partial charge in [0.15, 0.2) is 0 Å². The smallest absolute Gasteiger partial charge is 0.295 e. The normalized spacial score (nSPS) is 12.7. The van der Waals surface area contributed by atoms with Crippen molar-refractivity contribution in [2.75, 3.05) is 11.1 Å². The van der Waals surface area contributed by atoms with Gasteiger partial charge in [0.25, 0.3) is 30.4 Å². The summed E-state index contributed by atoms with van der Waals surface area (Å²) in [6.07, 6.45) is 0. The summed E-state index contributed by atoms with van der Waals surface area (Å²) in [5, 5.41) is 10.7. The first-order valence-electron chi connectivity index (χ1n) is 11.4. The Morgan fingerprint density at radius 3 is 2.07 bits per heavy atom. The van der Waals surface area contributed by atoms with E-state index in [-0.39, 0.29) is 44.7 Å². The first kappa shape index (κ1) is 30.1. The highest BCUT2D eigenvalue weighted by atomic mass is 35.5. The molecule has 0 saturated heterocycles. The molecule has 6 N–H and O–H groups in total. The molecule has 1 aromatic heterocycles. The molecule has 0 fully saturated rings. The number of aromatic nitrogens is 3. The molecule has 16 nitrogen and oxygen atoms in total. The van der Waals surface area contributed by atoms with Crippen LogP contribution in [0.1, 0.15) is 0 Å². The predicted molar refractivity (Wildman–Crippen MR) is 154 cm³/mol. The number of anilines is 3. The van der Waals surface area contributed by atoms with Gasteiger partial charge in [0.1, 0.15) is 9.79 Å². The molecule has 0 saturated carbocycles. The Hall–Kier alpha value is -4.37. The van der Waals surface area contributed by atoms with Crippen LogP contribution in [0.25, 0.3) is 21.5 Å². The Bertz CT molecular complexity index is 2310. The topological polar surface area (TPSA) is 265 Å². The summed E-state index contributed by atoms with van der Waals surface area (Å²) in [7, 11) is -14.4. The molecule has 0 amide bonds. The lowest BCUT2D eigenvalue weighted by atomic mass is 10.1. The van der Waals surface area contributed by atoms with Crippen molar-refractivity contribution in [2.24, 2.45) is 10.2 Å². The number of azo groups is 1. The summed E-state index contributed by atoms with van der Waals surface area (Å²) < 4.78 is 101. The van der Waals surface area contributed by atoms with Gasteiger partial charge >= 0.3 is 0 Å². The van der Waals surface area contributed by atoms with Crippen LogP contribution >= 0.6 is 11.6 Å². The second-order valence-electron chi connectivity index (χ2n) is 8.67. The lowest BCUT2D eigenvalue weighted by molar-refractivity contribution is 0.481. The molecule has 0 bridgehead atoms. The summed E-state index contributed by atoms with van der Waals surface area (Å²) in [5.74, 6) is -0.224. The van der Waals surface area contributed by atoms with E-state index in [1.807, 2.05) is 0 Å². The summed E-state index contributed by atoms with van der Waals surface area (Å²) in [4.78, 5) is 9.65. The molecular weight excluding hydrogens is 650 g/mol. The monoisotopic (exact) mass is 665 g/mol. The Morgan fingerprint density at radius 1 is 0.698 bits per heavy atom. The Labute approximate surface area is 247 Å². The number of fused-ring (bicyclic) bond motifs is 2. The second-order valence-corrected chi connectivity index (χ2v) is 13.2. The zero-order chi connectivity index (χ0) is 31.3. The van der Waals surface area contributed by atoms with Crippen molar-refractivity contribution in [2.45, 2.75) is 14.7 Å². The van der Waals surface area contributed by atoms with Crippen LogP contribution in [0.5, 0.6) is 0 Å². The summed E-state index contributed by atoms with van der Waals surface area (Å²) in [6.45, 7) is 0. The average molecular weight is 666 g/mol. The van der Waals surface area contributed by atoms with Gasteiger partial charge < -0.3 is 11.1 Å². The minimum absolute atomic E-state index is 0.0100. The van der Waals surface area contributed by atoms with Crippen LogP contribution in [0.15, 0.2) is 85.6 Å². The summed E-state index contributed by atoms with van der Waals surface area (Å²) in [6, 6.07) is 11.9. The fraction of sp³-hybridized carbons (Fsp3) is 0. The third-order valence-corrected chi connectivity index (χ3v) is 8.69. The molecule has 0 radical (unpaired) electrons. The van der Waals surface area contributed by atoms with E-state index in [9.17, 15) is 38.9 Å². The molecule has 0 aliphatic rings. The van der Waals surface area contributed by atoms with E-state index in [4.69, 9.17) is 17.3 Å². The van der Waals surface area contributed by atoms with Crippen LogP contribution in [0.3, 0.4) is 0 Å². The fourth-order valence-corrected chi connectivity index (χ4v) is 6.22. The van der Waals surface area contributed by atoms with E-state index in [0.717, 1.165) is 30.3 Å². The number of nitrogens with two attached hydrogens (primary N) is 1. The van der Waals surface area contributed by atoms with Gasteiger partial charge in [-0.2, -0.15) is 45.3 Å². The quantitative estimate of drug-likeness (QED) is 0.120. The minimum Gasteiger partial charge on any atom is -0.368 e. The lowest BCUT2D eigenvalue weighted by Crippen LogP contribution is -2.04. The molecule has 0 aliphatic heterocycles. The molecule has 43 heavy (non-hydrogen) atoms. The van der Waals surface area contributed by atoms with E-state index < -0.39 is 45.0 Å². The number of nitrogens with zero attached hydrogens (tertiary/aromatic N) is 5. The Kier molecular flexibility index (Phi) is 7.50. The van der Waals surface area contributed by atoms with Gasteiger partial charge in [-0.15, -0.1) is 5.11 Å². The van der Waals surface area contributed by atoms with Crippen molar-refractivity contribution in [3.8, 4) is 0 Å².